The van der Waals surface area contributed by atoms with Gasteiger partial charge in [-0.05, 0) is 90.4 Å². The van der Waals surface area contributed by atoms with Crippen LogP contribution >= 0.6 is 0 Å². The first-order chi connectivity index (χ1) is 16.0. The summed E-state index contributed by atoms with van der Waals surface area (Å²) in [5.41, 5.74) is 3.87. The van der Waals surface area contributed by atoms with Crippen molar-refractivity contribution in [1.82, 2.24) is 0 Å². The molecular weight excluding hydrogens is 416 g/mol. The van der Waals surface area contributed by atoms with Crippen LogP contribution in [0.2, 0.25) is 0 Å². The summed E-state index contributed by atoms with van der Waals surface area (Å²) in [4.78, 5) is 0. The van der Waals surface area contributed by atoms with E-state index in [2.05, 4.69) is 0 Å². The maximum Gasteiger partial charge on any atom is 0.172 e. The van der Waals surface area contributed by atoms with Gasteiger partial charge in [0.15, 0.2) is 34.5 Å². The van der Waals surface area contributed by atoms with Crippen molar-refractivity contribution in [3.8, 4) is 40.2 Å². The average molecular weight is 440 g/mol. The Hall–Kier alpha value is -4.12. The summed E-state index contributed by atoms with van der Waals surface area (Å²) < 4.78 is 12.0. The Balaban J connectivity index is 1.56. The highest BCUT2D eigenvalue weighted by Crippen LogP contribution is 2.38. The molecule has 2 aliphatic rings. The molecule has 5 nitrogen and oxygen atoms in total. The number of aryl methyl sites for hydroxylation is 4. The number of phenols is 3. The molecule has 0 radical (unpaired) electrons. The second-order valence-electron chi connectivity index (χ2n) is 8.22. The van der Waals surface area contributed by atoms with Gasteiger partial charge in [0.2, 0.25) is 0 Å². The van der Waals surface area contributed by atoms with Crippen LogP contribution in [0.15, 0.2) is 78.9 Å². The summed E-state index contributed by atoms with van der Waals surface area (Å²) in [5, 5.41) is 31.3. The van der Waals surface area contributed by atoms with Crippen molar-refractivity contribution >= 4 is 0 Å². The number of ether oxygens (including phenoxy) is 2. The molecule has 2 heterocycles. The lowest BCUT2D eigenvalue weighted by atomic mass is 10.0. The molecular formula is C28H24O5. The molecule has 0 spiro atoms. The molecule has 3 N–H and O–H groups in total. The van der Waals surface area contributed by atoms with Crippen LogP contribution in [0.25, 0.3) is 0 Å². The van der Waals surface area contributed by atoms with Gasteiger partial charge in [-0.3, -0.25) is 0 Å². The van der Waals surface area contributed by atoms with Gasteiger partial charge in [0.05, 0.1) is 0 Å². The Kier molecular flexibility index (Phi) is 5.53. The van der Waals surface area contributed by atoms with Gasteiger partial charge < -0.3 is 24.8 Å². The number of phenolic OH excluding ortho intramolecular Hbond substituents is 3. The zero-order valence-electron chi connectivity index (χ0n) is 18.0. The summed E-state index contributed by atoms with van der Waals surface area (Å²) in [7, 11) is 0. The second-order valence-corrected chi connectivity index (χ2v) is 8.22. The van der Waals surface area contributed by atoms with Crippen LogP contribution in [0.5, 0.6) is 40.2 Å². The molecule has 6 bridgehead atoms. The molecule has 0 unspecified atom stereocenters. The van der Waals surface area contributed by atoms with Gasteiger partial charge in [-0.1, -0.05) is 36.4 Å². The van der Waals surface area contributed by atoms with Crippen molar-refractivity contribution < 1.29 is 24.8 Å². The first-order valence-corrected chi connectivity index (χ1v) is 10.9. The Labute approximate surface area is 192 Å². The van der Waals surface area contributed by atoms with Gasteiger partial charge in [0, 0.05) is 0 Å². The smallest absolute Gasteiger partial charge is 0.172 e. The fraction of sp³-hybridized carbons (Fsp3) is 0.143. The Morgan fingerprint density at radius 3 is 2.09 bits per heavy atom. The summed E-state index contributed by atoms with van der Waals surface area (Å²) in [6, 6.07) is 23.7. The molecule has 33 heavy (non-hydrogen) atoms. The zero-order valence-corrected chi connectivity index (χ0v) is 18.0. The van der Waals surface area contributed by atoms with Gasteiger partial charge >= 0.3 is 0 Å². The molecule has 2 aliphatic heterocycles. The van der Waals surface area contributed by atoms with E-state index >= 15 is 0 Å². The maximum atomic E-state index is 10.5. The van der Waals surface area contributed by atoms with E-state index in [1.165, 1.54) is 0 Å². The van der Waals surface area contributed by atoms with E-state index in [4.69, 9.17) is 9.47 Å². The van der Waals surface area contributed by atoms with E-state index in [9.17, 15) is 15.3 Å². The predicted octanol–water partition coefficient (Wildman–Crippen LogP) is 6.27. The first kappa shape index (κ1) is 20.8. The quantitative estimate of drug-likeness (QED) is 0.300. The highest BCUT2D eigenvalue weighted by molar-refractivity contribution is 5.51. The number of fused-ring (bicyclic) bond motifs is 4. The lowest BCUT2D eigenvalue weighted by Crippen LogP contribution is -1.98. The van der Waals surface area contributed by atoms with Crippen LogP contribution in [0.3, 0.4) is 0 Å². The van der Waals surface area contributed by atoms with Crippen LogP contribution in [-0.2, 0) is 25.7 Å². The predicted molar refractivity (Wildman–Crippen MR) is 126 cm³/mol. The number of para-hydroxylation sites is 1. The Morgan fingerprint density at radius 2 is 1.24 bits per heavy atom. The molecule has 4 aromatic carbocycles. The summed E-state index contributed by atoms with van der Waals surface area (Å²) in [5.74, 6) is 1.80. The van der Waals surface area contributed by atoms with E-state index < -0.39 is 0 Å². The molecule has 0 aliphatic carbocycles. The van der Waals surface area contributed by atoms with Crippen LogP contribution in [0.4, 0.5) is 0 Å². The maximum absolute atomic E-state index is 10.5. The molecule has 4 aromatic rings. The van der Waals surface area contributed by atoms with Crippen LogP contribution < -0.4 is 9.47 Å². The number of benzene rings is 4. The van der Waals surface area contributed by atoms with E-state index in [0.29, 0.717) is 30.1 Å². The van der Waals surface area contributed by atoms with Crippen molar-refractivity contribution in [2.75, 3.05) is 0 Å². The highest BCUT2D eigenvalue weighted by Gasteiger charge is 2.14. The number of hydrogen-bond donors (Lipinski definition) is 3. The van der Waals surface area contributed by atoms with Gasteiger partial charge in [0.25, 0.3) is 0 Å². The number of rotatable bonds is 0. The van der Waals surface area contributed by atoms with Crippen molar-refractivity contribution in [3.05, 3.63) is 101 Å². The minimum absolute atomic E-state index is 0.000724. The van der Waals surface area contributed by atoms with Crippen molar-refractivity contribution in [2.45, 2.75) is 25.7 Å². The third kappa shape index (κ3) is 4.58. The fourth-order valence-electron chi connectivity index (χ4n) is 4.06. The van der Waals surface area contributed by atoms with E-state index in [0.717, 1.165) is 35.1 Å². The second kappa shape index (κ2) is 8.79. The molecule has 166 valence electrons. The summed E-state index contributed by atoms with van der Waals surface area (Å²) >= 11 is 0. The largest absolute Gasteiger partial charge is 0.504 e. The Morgan fingerprint density at radius 1 is 0.515 bits per heavy atom. The first-order valence-electron chi connectivity index (χ1n) is 10.9. The fourth-order valence-corrected chi connectivity index (χ4v) is 4.06. The monoisotopic (exact) mass is 440 g/mol. The van der Waals surface area contributed by atoms with Crippen molar-refractivity contribution in [1.29, 1.82) is 0 Å². The molecule has 0 aromatic heterocycles. The Bertz CT molecular complexity index is 1310. The SMILES string of the molecule is Oc1cc2ccc1Oc1cc(ccc1O)CCc1cccc(c1)Oc1c(O)cccc1CC2. The lowest BCUT2D eigenvalue weighted by Gasteiger charge is -2.15. The molecule has 0 atom stereocenters. The lowest BCUT2D eigenvalue weighted by molar-refractivity contribution is 0.384. The summed E-state index contributed by atoms with van der Waals surface area (Å²) in [6.07, 6.45) is 2.74. The third-order valence-electron chi connectivity index (χ3n) is 5.85. The molecule has 0 amide bonds. The van der Waals surface area contributed by atoms with Crippen LogP contribution in [0, 0.1) is 0 Å². The minimum Gasteiger partial charge on any atom is -0.504 e. The standard InChI is InChI=1S/C28H24O5/c29-23-13-10-20-8-7-18-3-1-5-22(15-18)32-28-21(4-2-6-24(28)30)12-9-19-11-14-26(25(31)16-19)33-27(23)17-20/h1-6,10-11,13-17,29-31H,7-9,12H2. The highest BCUT2D eigenvalue weighted by atomic mass is 16.5. The molecule has 0 saturated carbocycles. The third-order valence-corrected chi connectivity index (χ3v) is 5.85. The molecule has 0 saturated heterocycles. The minimum atomic E-state index is 0.000724. The van der Waals surface area contributed by atoms with E-state index in [-0.39, 0.29) is 23.0 Å². The number of aromatic hydroxyl groups is 3. The van der Waals surface area contributed by atoms with Crippen LogP contribution in [0.1, 0.15) is 22.3 Å². The zero-order chi connectivity index (χ0) is 22.8. The van der Waals surface area contributed by atoms with E-state index in [1.807, 2.05) is 42.5 Å². The van der Waals surface area contributed by atoms with Gasteiger partial charge in [-0.2, -0.15) is 0 Å². The van der Waals surface area contributed by atoms with Gasteiger partial charge in [0.1, 0.15) is 5.75 Å². The molecule has 0 fully saturated rings. The molecule has 5 heteroatoms. The summed E-state index contributed by atoms with van der Waals surface area (Å²) in [6.45, 7) is 0. The van der Waals surface area contributed by atoms with E-state index in [1.54, 1.807) is 36.4 Å². The topological polar surface area (TPSA) is 79.2 Å². The van der Waals surface area contributed by atoms with Gasteiger partial charge in [-0.15, -0.1) is 0 Å². The normalized spacial score (nSPS) is 13.2. The number of hydrogen-bond acceptors (Lipinski definition) is 5. The van der Waals surface area contributed by atoms with Crippen LogP contribution in [-0.4, -0.2) is 15.3 Å². The van der Waals surface area contributed by atoms with Crippen molar-refractivity contribution in [3.63, 3.8) is 0 Å². The average Bonchev–Trinajstić information content (AvgIpc) is 2.81. The van der Waals surface area contributed by atoms with Crippen molar-refractivity contribution in [2.24, 2.45) is 0 Å². The van der Waals surface area contributed by atoms with Gasteiger partial charge in [-0.25, -0.2) is 0 Å². The molecule has 6 rings (SSSR count).